The van der Waals surface area contributed by atoms with Crippen LogP contribution in [-0.4, -0.2) is 29.6 Å². The molecule has 0 spiro atoms. The average Bonchev–Trinajstić information content (AvgIpc) is 2.07. The molecule has 14 heavy (non-hydrogen) atoms. The maximum atomic E-state index is 11.1. The zero-order chi connectivity index (χ0) is 10.6. The molecule has 0 saturated heterocycles. The maximum absolute atomic E-state index is 11.1. The van der Waals surface area contributed by atoms with Gasteiger partial charge < -0.3 is 16.2 Å². The Morgan fingerprint density at radius 3 is 2.57 bits per heavy atom. The van der Waals surface area contributed by atoms with E-state index in [1.807, 2.05) is 0 Å². The third-order valence-corrected chi connectivity index (χ3v) is 2.63. The number of hydrogen-bond acceptors (Lipinski definition) is 3. The van der Waals surface area contributed by atoms with Crippen molar-refractivity contribution >= 4 is 11.9 Å². The molecule has 0 aromatic heterocycles. The lowest BCUT2D eigenvalue weighted by atomic mass is 9.83. The first-order valence-electron chi connectivity index (χ1n) is 4.87. The zero-order valence-electron chi connectivity index (χ0n) is 8.03. The van der Waals surface area contributed by atoms with Crippen LogP contribution >= 0.6 is 0 Å². The molecule has 4 N–H and O–H groups in total. The minimum atomic E-state index is -1.43. The maximum Gasteiger partial charge on any atom is 0.330 e. The molecule has 1 aliphatic carbocycles. The van der Waals surface area contributed by atoms with Gasteiger partial charge in [0.1, 0.15) is 0 Å². The van der Waals surface area contributed by atoms with Gasteiger partial charge in [-0.3, -0.25) is 4.79 Å². The van der Waals surface area contributed by atoms with Crippen LogP contribution in [0.1, 0.15) is 25.7 Å². The molecule has 0 aliphatic heterocycles. The second kappa shape index (κ2) is 4.95. The van der Waals surface area contributed by atoms with Crippen molar-refractivity contribution in [3.05, 3.63) is 0 Å². The predicted octanol–water partition coefficient (Wildman–Crippen LogP) is -0.295. The third kappa shape index (κ3) is 2.99. The van der Waals surface area contributed by atoms with Crippen molar-refractivity contribution in [2.45, 2.75) is 31.7 Å². The third-order valence-electron chi connectivity index (χ3n) is 2.63. The van der Waals surface area contributed by atoms with Crippen LogP contribution in [0.15, 0.2) is 0 Å². The second-order valence-electron chi connectivity index (χ2n) is 3.69. The number of carbonyl (C=O) groups excluding carboxylic acids is 1. The Bertz CT molecular complexity index is 226. The minimum absolute atomic E-state index is 0.532. The van der Waals surface area contributed by atoms with Crippen molar-refractivity contribution in [3.63, 3.8) is 0 Å². The number of aliphatic carboxylic acids is 1. The molecule has 0 heterocycles. The zero-order valence-corrected chi connectivity index (χ0v) is 8.03. The number of rotatable bonds is 5. The van der Waals surface area contributed by atoms with Crippen LogP contribution in [-0.2, 0) is 9.59 Å². The second-order valence-corrected chi connectivity index (χ2v) is 3.69. The highest BCUT2D eigenvalue weighted by Gasteiger charge is 2.21. The lowest BCUT2D eigenvalue weighted by Gasteiger charge is -2.25. The summed E-state index contributed by atoms with van der Waals surface area (Å²) in [4.78, 5) is 21.4. The van der Waals surface area contributed by atoms with Gasteiger partial charge in [-0.05, 0) is 12.3 Å². The highest BCUT2D eigenvalue weighted by atomic mass is 16.4. The van der Waals surface area contributed by atoms with Crippen molar-refractivity contribution < 1.29 is 14.7 Å². The van der Waals surface area contributed by atoms with Crippen molar-refractivity contribution in [1.29, 1.82) is 0 Å². The summed E-state index contributed by atoms with van der Waals surface area (Å²) in [6.07, 6.45) is 4.65. The summed E-state index contributed by atoms with van der Waals surface area (Å²) < 4.78 is 0. The Hall–Kier alpha value is -1.10. The van der Waals surface area contributed by atoms with Crippen molar-refractivity contribution in [3.8, 4) is 0 Å². The fraction of sp³-hybridized carbons (Fsp3) is 0.778. The summed E-state index contributed by atoms with van der Waals surface area (Å²) in [5.41, 5.74) is 5.11. The van der Waals surface area contributed by atoms with Crippen molar-refractivity contribution in [2.75, 3.05) is 6.54 Å². The predicted molar refractivity (Wildman–Crippen MR) is 50.6 cm³/mol. The molecule has 1 fully saturated rings. The van der Waals surface area contributed by atoms with E-state index in [9.17, 15) is 9.59 Å². The summed E-state index contributed by atoms with van der Waals surface area (Å²) in [6.45, 7) is 0.532. The summed E-state index contributed by atoms with van der Waals surface area (Å²) in [6, 6.07) is -1.43. The monoisotopic (exact) mass is 200 g/mol. The van der Waals surface area contributed by atoms with E-state index in [0.717, 1.165) is 6.42 Å². The van der Waals surface area contributed by atoms with Crippen molar-refractivity contribution in [1.82, 2.24) is 5.32 Å². The molecule has 1 unspecified atom stereocenters. The molecule has 1 rings (SSSR count). The van der Waals surface area contributed by atoms with Gasteiger partial charge in [-0.2, -0.15) is 0 Å². The highest BCUT2D eigenvalue weighted by Crippen LogP contribution is 2.28. The van der Waals surface area contributed by atoms with Gasteiger partial charge >= 0.3 is 5.97 Å². The topological polar surface area (TPSA) is 92.4 Å². The van der Waals surface area contributed by atoms with Crippen LogP contribution in [0.4, 0.5) is 0 Å². The van der Waals surface area contributed by atoms with Crippen molar-refractivity contribution in [2.24, 2.45) is 11.7 Å². The van der Waals surface area contributed by atoms with Gasteiger partial charge in [0, 0.05) is 6.54 Å². The first kappa shape index (κ1) is 11.0. The number of carboxylic acid groups (broad SMARTS) is 1. The van der Waals surface area contributed by atoms with Gasteiger partial charge in [0.15, 0.2) is 6.04 Å². The normalized spacial score (nSPS) is 18.4. The molecule has 1 aliphatic rings. The lowest BCUT2D eigenvalue weighted by molar-refractivity contribution is -0.142. The Balaban J connectivity index is 2.10. The van der Waals surface area contributed by atoms with Gasteiger partial charge in [0.05, 0.1) is 0 Å². The lowest BCUT2D eigenvalue weighted by Crippen LogP contribution is -2.46. The number of amides is 1. The Morgan fingerprint density at radius 2 is 2.14 bits per heavy atom. The fourth-order valence-corrected chi connectivity index (χ4v) is 1.40. The van der Waals surface area contributed by atoms with Gasteiger partial charge in [-0.25, -0.2) is 4.79 Å². The number of carbonyl (C=O) groups is 2. The molecule has 0 aromatic rings. The van der Waals surface area contributed by atoms with E-state index in [0.29, 0.717) is 12.5 Å². The Labute approximate surface area is 82.7 Å². The van der Waals surface area contributed by atoms with Crippen LogP contribution in [0, 0.1) is 5.92 Å². The molecular weight excluding hydrogens is 184 g/mol. The Kier molecular flexibility index (Phi) is 3.88. The van der Waals surface area contributed by atoms with Crippen LogP contribution in [0.5, 0.6) is 0 Å². The van der Waals surface area contributed by atoms with E-state index in [2.05, 4.69) is 5.32 Å². The number of carboxylic acids is 1. The number of nitrogens with one attached hydrogen (secondary N) is 1. The van der Waals surface area contributed by atoms with E-state index in [-0.39, 0.29) is 0 Å². The average molecular weight is 200 g/mol. The molecule has 0 bridgehead atoms. The molecule has 5 heteroatoms. The van der Waals surface area contributed by atoms with Gasteiger partial charge in [-0.15, -0.1) is 0 Å². The van der Waals surface area contributed by atoms with E-state index >= 15 is 0 Å². The molecule has 0 radical (unpaired) electrons. The largest absolute Gasteiger partial charge is 0.480 e. The van der Waals surface area contributed by atoms with Crippen LogP contribution in [0.25, 0.3) is 0 Å². The minimum Gasteiger partial charge on any atom is -0.480 e. The van der Waals surface area contributed by atoms with Gasteiger partial charge in [0.2, 0.25) is 5.91 Å². The molecule has 80 valence electrons. The number of nitrogens with two attached hydrogens (primary N) is 1. The molecular formula is C9H16N2O3. The van der Waals surface area contributed by atoms with E-state index in [1.54, 1.807) is 0 Å². The molecule has 1 amide bonds. The van der Waals surface area contributed by atoms with E-state index in [1.165, 1.54) is 19.3 Å². The van der Waals surface area contributed by atoms with Gasteiger partial charge in [-0.1, -0.05) is 19.3 Å². The smallest absolute Gasteiger partial charge is 0.330 e. The number of hydrogen-bond donors (Lipinski definition) is 3. The van der Waals surface area contributed by atoms with Gasteiger partial charge in [0.25, 0.3) is 0 Å². The first-order valence-corrected chi connectivity index (χ1v) is 4.87. The summed E-state index contributed by atoms with van der Waals surface area (Å²) >= 11 is 0. The van der Waals surface area contributed by atoms with E-state index < -0.39 is 17.9 Å². The van der Waals surface area contributed by atoms with Crippen LogP contribution in [0.3, 0.4) is 0 Å². The quantitative estimate of drug-likeness (QED) is 0.531. The van der Waals surface area contributed by atoms with Crippen LogP contribution < -0.4 is 11.1 Å². The fourth-order valence-electron chi connectivity index (χ4n) is 1.40. The first-order chi connectivity index (χ1) is 6.61. The van der Waals surface area contributed by atoms with Crippen LogP contribution in [0.2, 0.25) is 0 Å². The standard InChI is InChI=1S/C9H16N2O3/c10-7(9(13)14)8(12)11-5-4-6-2-1-3-6/h6-7H,1-5,10H2,(H,11,12)(H,13,14). The molecule has 0 aromatic carbocycles. The SMILES string of the molecule is NC(C(=O)O)C(=O)NCCC1CCC1. The summed E-state index contributed by atoms with van der Waals surface area (Å²) in [5.74, 6) is -1.18. The summed E-state index contributed by atoms with van der Waals surface area (Å²) in [7, 11) is 0. The van der Waals surface area contributed by atoms with E-state index in [4.69, 9.17) is 10.8 Å². The molecule has 1 atom stereocenters. The molecule has 1 saturated carbocycles. The Morgan fingerprint density at radius 1 is 1.50 bits per heavy atom. The highest BCUT2D eigenvalue weighted by molar-refractivity contribution is 6.00. The summed E-state index contributed by atoms with van der Waals surface area (Å²) in [5, 5.41) is 11.0. The molecule has 5 nitrogen and oxygen atoms in total.